The minimum absolute atomic E-state index is 0.131. The van der Waals surface area contributed by atoms with Gasteiger partial charge in [0.2, 0.25) is 0 Å². The van der Waals surface area contributed by atoms with Crippen molar-refractivity contribution in [2.45, 2.75) is 0 Å². The second-order valence-electron chi connectivity index (χ2n) is 3.48. The maximum atomic E-state index is 9.78. The molecule has 0 spiro atoms. The summed E-state index contributed by atoms with van der Waals surface area (Å²) in [4.78, 5) is 8.48. The number of nitrogens with one attached hydrogen (secondary N) is 1. The van der Waals surface area contributed by atoms with Crippen molar-refractivity contribution in [3.8, 4) is 17.1 Å². The first-order valence-corrected chi connectivity index (χ1v) is 5.70. The fourth-order valence-corrected chi connectivity index (χ4v) is 2.06. The van der Waals surface area contributed by atoms with Crippen molar-refractivity contribution >= 4 is 26.8 Å². The van der Waals surface area contributed by atoms with E-state index >= 15 is 0 Å². The molecule has 84 valence electrons. The van der Waals surface area contributed by atoms with Gasteiger partial charge < -0.3 is 5.11 Å². The molecule has 0 fully saturated rings. The summed E-state index contributed by atoms with van der Waals surface area (Å²) in [5.41, 5.74) is 2.00. The zero-order chi connectivity index (χ0) is 11.8. The standard InChI is InChI=1S/C11H7BrN4O/c12-11-14-9(7-4-5-13-16-7)6-2-1-3-8(17)10(6)15-11/h1-5,17H,(H,13,16). The Balaban J connectivity index is 2.42. The highest BCUT2D eigenvalue weighted by molar-refractivity contribution is 9.10. The molecule has 6 heteroatoms. The van der Waals surface area contributed by atoms with Gasteiger partial charge in [0.25, 0.3) is 0 Å². The Bertz CT molecular complexity index is 681. The van der Waals surface area contributed by atoms with Crippen molar-refractivity contribution in [1.82, 2.24) is 20.2 Å². The van der Waals surface area contributed by atoms with Crippen molar-refractivity contribution in [3.05, 3.63) is 35.2 Å². The predicted molar refractivity (Wildman–Crippen MR) is 66.5 cm³/mol. The number of phenolic OH excluding ortho intramolecular Hbond substituents is 1. The lowest BCUT2D eigenvalue weighted by Gasteiger charge is -2.05. The average Bonchev–Trinajstić information content (AvgIpc) is 2.83. The smallest absolute Gasteiger partial charge is 0.197 e. The molecule has 3 aromatic rings. The lowest BCUT2D eigenvalue weighted by Crippen LogP contribution is -1.92. The van der Waals surface area contributed by atoms with Crippen LogP contribution in [0.25, 0.3) is 22.3 Å². The second kappa shape index (κ2) is 3.81. The number of benzene rings is 1. The van der Waals surface area contributed by atoms with Gasteiger partial charge in [0, 0.05) is 11.6 Å². The van der Waals surface area contributed by atoms with Crippen LogP contribution in [-0.4, -0.2) is 25.3 Å². The first-order valence-electron chi connectivity index (χ1n) is 4.90. The van der Waals surface area contributed by atoms with E-state index in [0.717, 1.165) is 11.1 Å². The summed E-state index contributed by atoms with van der Waals surface area (Å²) >= 11 is 3.24. The molecule has 1 aromatic carbocycles. The lowest BCUT2D eigenvalue weighted by molar-refractivity contribution is 0.480. The molecule has 2 N–H and O–H groups in total. The van der Waals surface area contributed by atoms with Crippen LogP contribution in [0.5, 0.6) is 5.75 Å². The predicted octanol–water partition coefficient (Wildman–Crippen LogP) is 2.49. The molecule has 3 rings (SSSR count). The molecule has 0 bridgehead atoms. The second-order valence-corrected chi connectivity index (χ2v) is 4.19. The van der Waals surface area contributed by atoms with Gasteiger partial charge in [0.1, 0.15) is 17.0 Å². The topological polar surface area (TPSA) is 74.7 Å². The van der Waals surface area contributed by atoms with Crippen molar-refractivity contribution in [2.75, 3.05) is 0 Å². The van der Waals surface area contributed by atoms with E-state index in [9.17, 15) is 5.11 Å². The van der Waals surface area contributed by atoms with E-state index in [2.05, 4.69) is 36.1 Å². The van der Waals surface area contributed by atoms with Crippen LogP contribution in [-0.2, 0) is 0 Å². The summed E-state index contributed by atoms with van der Waals surface area (Å²) in [6.07, 6.45) is 1.65. The fraction of sp³-hybridized carbons (Fsp3) is 0. The van der Waals surface area contributed by atoms with Gasteiger partial charge in [-0.05, 0) is 28.1 Å². The molecule has 2 aromatic heterocycles. The van der Waals surface area contributed by atoms with Crippen LogP contribution in [0.2, 0.25) is 0 Å². The van der Waals surface area contributed by atoms with Crippen molar-refractivity contribution in [2.24, 2.45) is 0 Å². The number of phenols is 1. The number of aromatic nitrogens is 4. The molecule has 0 unspecified atom stereocenters. The number of halogens is 1. The molecule has 17 heavy (non-hydrogen) atoms. The molecule has 0 atom stereocenters. The van der Waals surface area contributed by atoms with E-state index in [4.69, 9.17) is 0 Å². The molecule has 0 radical (unpaired) electrons. The number of hydrogen-bond donors (Lipinski definition) is 2. The number of aromatic amines is 1. The first-order chi connectivity index (χ1) is 8.25. The van der Waals surface area contributed by atoms with E-state index < -0.39 is 0 Å². The summed E-state index contributed by atoms with van der Waals surface area (Å²) in [6.45, 7) is 0. The van der Waals surface area contributed by atoms with Crippen molar-refractivity contribution < 1.29 is 5.11 Å². The molecule has 0 aliphatic rings. The Morgan fingerprint density at radius 3 is 2.82 bits per heavy atom. The first kappa shape index (κ1) is 10.2. The third-order valence-corrected chi connectivity index (χ3v) is 2.79. The molecule has 0 amide bonds. The van der Waals surface area contributed by atoms with Gasteiger partial charge in [-0.1, -0.05) is 12.1 Å². The average molecular weight is 291 g/mol. The normalized spacial score (nSPS) is 10.9. The number of rotatable bonds is 1. The molecular formula is C11H7BrN4O. The van der Waals surface area contributed by atoms with E-state index in [1.54, 1.807) is 18.3 Å². The molecular weight excluding hydrogens is 284 g/mol. The van der Waals surface area contributed by atoms with E-state index in [1.165, 1.54) is 0 Å². The van der Waals surface area contributed by atoms with Crippen LogP contribution in [0.4, 0.5) is 0 Å². The highest BCUT2D eigenvalue weighted by Gasteiger charge is 2.11. The third-order valence-electron chi connectivity index (χ3n) is 2.43. The Morgan fingerprint density at radius 1 is 1.18 bits per heavy atom. The van der Waals surface area contributed by atoms with Crippen LogP contribution in [0, 0.1) is 0 Å². The number of nitrogens with zero attached hydrogens (tertiary/aromatic N) is 3. The summed E-state index contributed by atoms with van der Waals surface area (Å²) in [7, 11) is 0. The summed E-state index contributed by atoms with van der Waals surface area (Å²) in [5.74, 6) is 0.131. The Labute approximate surface area is 105 Å². The van der Waals surface area contributed by atoms with Crippen molar-refractivity contribution in [3.63, 3.8) is 0 Å². The Kier molecular flexibility index (Phi) is 2.29. The van der Waals surface area contributed by atoms with E-state index in [-0.39, 0.29) is 5.75 Å². The maximum absolute atomic E-state index is 9.78. The minimum atomic E-state index is 0.131. The number of H-pyrrole nitrogens is 1. The quantitative estimate of drug-likeness (QED) is 0.675. The van der Waals surface area contributed by atoms with Gasteiger partial charge >= 0.3 is 0 Å². The van der Waals surface area contributed by atoms with Crippen LogP contribution >= 0.6 is 15.9 Å². The SMILES string of the molecule is Oc1cccc2c(-c3ccn[nH]3)nc(Br)nc12. The van der Waals surface area contributed by atoms with Gasteiger partial charge in [0.15, 0.2) is 4.73 Å². The zero-order valence-electron chi connectivity index (χ0n) is 8.55. The van der Waals surface area contributed by atoms with E-state index in [0.29, 0.717) is 15.9 Å². The largest absolute Gasteiger partial charge is 0.506 e. The number of hydrogen-bond acceptors (Lipinski definition) is 4. The minimum Gasteiger partial charge on any atom is -0.506 e. The number of fused-ring (bicyclic) bond motifs is 1. The molecule has 5 nitrogen and oxygen atoms in total. The summed E-state index contributed by atoms with van der Waals surface area (Å²) in [5, 5.41) is 17.3. The van der Waals surface area contributed by atoms with Gasteiger partial charge in [0.05, 0.1) is 5.69 Å². The molecule has 0 saturated carbocycles. The molecule has 2 heterocycles. The highest BCUT2D eigenvalue weighted by Crippen LogP contribution is 2.30. The molecule has 0 aliphatic heterocycles. The number of aromatic hydroxyl groups is 1. The lowest BCUT2D eigenvalue weighted by atomic mass is 10.1. The maximum Gasteiger partial charge on any atom is 0.197 e. The van der Waals surface area contributed by atoms with Gasteiger partial charge in [-0.2, -0.15) is 5.10 Å². The monoisotopic (exact) mass is 290 g/mol. The number of para-hydroxylation sites is 1. The summed E-state index contributed by atoms with van der Waals surface area (Å²) < 4.78 is 0.427. The van der Waals surface area contributed by atoms with Crippen LogP contribution in [0.15, 0.2) is 35.2 Å². The Hall–Kier alpha value is -1.95. The molecule has 0 aliphatic carbocycles. The summed E-state index contributed by atoms with van der Waals surface area (Å²) in [6, 6.07) is 7.03. The van der Waals surface area contributed by atoms with E-state index in [1.807, 2.05) is 12.1 Å². The van der Waals surface area contributed by atoms with Crippen LogP contribution in [0.3, 0.4) is 0 Å². The van der Waals surface area contributed by atoms with Crippen LogP contribution < -0.4 is 0 Å². The van der Waals surface area contributed by atoms with Gasteiger partial charge in [-0.25, -0.2) is 9.97 Å². The van der Waals surface area contributed by atoms with Gasteiger partial charge in [-0.3, -0.25) is 5.10 Å². The Morgan fingerprint density at radius 2 is 2.06 bits per heavy atom. The molecule has 0 saturated heterocycles. The highest BCUT2D eigenvalue weighted by atomic mass is 79.9. The van der Waals surface area contributed by atoms with Crippen LogP contribution in [0.1, 0.15) is 0 Å². The third kappa shape index (κ3) is 1.66. The zero-order valence-corrected chi connectivity index (χ0v) is 10.1. The fourth-order valence-electron chi connectivity index (χ4n) is 1.70. The van der Waals surface area contributed by atoms with Gasteiger partial charge in [-0.15, -0.1) is 0 Å². The van der Waals surface area contributed by atoms with Crippen molar-refractivity contribution in [1.29, 1.82) is 0 Å².